The molecule has 2 heterocycles. The molecule has 2 aromatic heterocycles. The number of fused-ring (bicyclic) bond motifs is 2. The Hall–Kier alpha value is -2.79. The fourth-order valence-corrected chi connectivity index (χ4v) is 2.75. The fourth-order valence-electron chi connectivity index (χ4n) is 2.75. The van der Waals surface area contributed by atoms with Gasteiger partial charge in [0.25, 0.3) is 0 Å². The lowest BCUT2D eigenvalue weighted by Gasteiger charge is -2.11. The van der Waals surface area contributed by atoms with Crippen molar-refractivity contribution in [3.63, 3.8) is 0 Å². The predicted octanol–water partition coefficient (Wildman–Crippen LogP) is 4.58. The van der Waals surface area contributed by atoms with E-state index in [4.69, 9.17) is 13.6 Å². The Balaban J connectivity index is 1.79. The molecule has 1 N–H and O–H groups in total. The first-order valence-corrected chi connectivity index (χ1v) is 8.51. The molecule has 0 aliphatic heterocycles. The quantitative estimate of drug-likeness (QED) is 0.496. The van der Waals surface area contributed by atoms with Gasteiger partial charge in [0.2, 0.25) is 0 Å². The van der Waals surface area contributed by atoms with Crippen molar-refractivity contribution in [2.45, 2.75) is 32.8 Å². The standard InChI is InChI=1S/C21H22O5/c1-13(2)17(22)6-4-14(3)8-10-25-21-15-5-7-20(23)26-19(15)12-18-16(21)9-11-24-18/h5,7-9,11-12,17,22H,1,4,6,10H2,2-3H3/t17-/m1/s1. The molecule has 0 amide bonds. The van der Waals surface area contributed by atoms with Crippen LogP contribution in [0.3, 0.4) is 0 Å². The summed E-state index contributed by atoms with van der Waals surface area (Å²) in [5, 5.41) is 11.4. The van der Waals surface area contributed by atoms with E-state index in [1.54, 1.807) is 18.4 Å². The summed E-state index contributed by atoms with van der Waals surface area (Å²) in [4.78, 5) is 11.5. The number of ether oxygens (including phenoxy) is 1. The summed E-state index contributed by atoms with van der Waals surface area (Å²) in [5.74, 6) is 0.626. The van der Waals surface area contributed by atoms with Gasteiger partial charge in [-0.1, -0.05) is 17.7 Å². The molecule has 0 unspecified atom stereocenters. The van der Waals surface area contributed by atoms with E-state index < -0.39 is 11.7 Å². The summed E-state index contributed by atoms with van der Waals surface area (Å²) in [5.41, 5.74) is 2.52. The third kappa shape index (κ3) is 3.89. The summed E-state index contributed by atoms with van der Waals surface area (Å²) in [6.45, 7) is 7.95. The van der Waals surface area contributed by atoms with E-state index in [0.29, 0.717) is 29.9 Å². The maximum atomic E-state index is 11.5. The summed E-state index contributed by atoms with van der Waals surface area (Å²) >= 11 is 0. The van der Waals surface area contributed by atoms with Gasteiger partial charge in [0.05, 0.1) is 23.1 Å². The second-order valence-corrected chi connectivity index (χ2v) is 6.47. The van der Waals surface area contributed by atoms with Crippen LogP contribution in [-0.2, 0) is 0 Å². The molecule has 0 fully saturated rings. The Kier molecular flexibility index (Phi) is 5.28. The van der Waals surface area contributed by atoms with Crippen molar-refractivity contribution in [1.82, 2.24) is 0 Å². The minimum Gasteiger partial charge on any atom is -0.488 e. The van der Waals surface area contributed by atoms with Gasteiger partial charge in [-0.3, -0.25) is 0 Å². The van der Waals surface area contributed by atoms with Crippen LogP contribution >= 0.6 is 0 Å². The second kappa shape index (κ2) is 7.62. The number of hydrogen-bond donors (Lipinski definition) is 1. The molecule has 136 valence electrons. The molecule has 5 heteroatoms. The lowest BCUT2D eigenvalue weighted by Crippen LogP contribution is -2.07. The van der Waals surface area contributed by atoms with Crippen LogP contribution in [0.5, 0.6) is 5.75 Å². The van der Waals surface area contributed by atoms with Gasteiger partial charge in [0.1, 0.15) is 23.5 Å². The highest BCUT2D eigenvalue weighted by molar-refractivity contribution is 6.01. The van der Waals surface area contributed by atoms with Gasteiger partial charge < -0.3 is 18.7 Å². The highest BCUT2D eigenvalue weighted by Crippen LogP contribution is 2.35. The van der Waals surface area contributed by atoms with Crippen LogP contribution in [0.25, 0.3) is 21.9 Å². The number of benzene rings is 1. The first-order valence-electron chi connectivity index (χ1n) is 8.51. The highest BCUT2D eigenvalue weighted by atomic mass is 16.5. The molecule has 0 spiro atoms. The molecule has 0 aliphatic carbocycles. The maximum absolute atomic E-state index is 11.5. The number of allylic oxidation sites excluding steroid dienone is 1. The van der Waals surface area contributed by atoms with Crippen molar-refractivity contribution in [3.05, 3.63) is 64.7 Å². The van der Waals surface area contributed by atoms with Gasteiger partial charge in [-0.2, -0.15) is 0 Å². The van der Waals surface area contributed by atoms with Crippen molar-refractivity contribution < 1.29 is 18.7 Å². The third-order valence-corrected chi connectivity index (χ3v) is 4.35. The monoisotopic (exact) mass is 354 g/mol. The lowest BCUT2D eigenvalue weighted by atomic mass is 10.0. The SMILES string of the molecule is C=C(C)[C@H](O)CCC(C)=CCOc1c2ccoc2cc2oc(=O)ccc12. The Morgan fingerprint density at radius 1 is 1.27 bits per heavy atom. The predicted molar refractivity (Wildman–Crippen MR) is 102 cm³/mol. The number of aliphatic hydroxyl groups excluding tert-OH is 1. The smallest absolute Gasteiger partial charge is 0.336 e. The molecule has 1 atom stereocenters. The van der Waals surface area contributed by atoms with E-state index in [2.05, 4.69) is 6.58 Å². The summed E-state index contributed by atoms with van der Waals surface area (Å²) < 4.78 is 16.7. The molecule has 26 heavy (non-hydrogen) atoms. The van der Waals surface area contributed by atoms with Gasteiger partial charge in [-0.15, -0.1) is 0 Å². The Morgan fingerprint density at radius 2 is 2.04 bits per heavy atom. The maximum Gasteiger partial charge on any atom is 0.336 e. The number of rotatable bonds is 7. The minimum atomic E-state index is -0.481. The Bertz CT molecular complexity index is 1020. The zero-order valence-electron chi connectivity index (χ0n) is 15.0. The first kappa shape index (κ1) is 18.0. The minimum absolute atomic E-state index is 0.369. The zero-order valence-corrected chi connectivity index (χ0v) is 15.0. The number of furan rings is 1. The molecule has 0 saturated heterocycles. The first-order chi connectivity index (χ1) is 12.5. The van der Waals surface area contributed by atoms with Crippen molar-refractivity contribution in [2.24, 2.45) is 0 Å². The molecular formula is C21H22O5. The van der Waals surface area contributed by atoms with Crippen LogP contribution in [0.4, 0.5) is 0 Å². The van der Waals surface area contributed by atoms with E-state index in [1.165, 1.54) is 6.07 Å². The van der Waals surface area contributed by atoms with Gasteiger partial charge in [-0.05, 0) is 44.9 Å². The van der Waals surface area contributed by atoms with Crippen LogP contribution in [-0.4, -0.2) is 17.8 Å². The van der Waals surface area contributed by atoms with E-state index >= 15 is 0 Å². The van der Waals surface area contributed by atoms with Crippen LogP contribution < -0.4 is 10.4 Å². The van der Waals surface area contributed by atoms with Crippen molar-refractivity contribution in [3.8, 4) is 5.75 Å². The zero-order chi connectivity index (χ0) is 18.7. The average Bonchev–Trinajstić information content (AvgIpc) is 3.06. The number of aliphatic hydroxyl groups is 1. The van der Waals surface area contributed by atoms with Gasteiger partial charge in [-0.25, -0.2) is 4.79 Å². The van der Waals surface area contributed by atoms with Crippen molar-refractivity contribution in [2.75, 3.05) is 6.61 Å². The van der Waals surface area contributed by atoms with Crippen LogP contribution in [0.2, 0.25) is 0 Å². The molecule has 0 radical (unpaired) electrons. The fraction of sp³-hybridized carbons (Fsp3) is 0.286. The van der Waals surface area contributed by atoms with Crippen LogP contribution in [0, 0.1) is 0 Å². The Morgan fingerprint density at radius 3 is 2.81 bits per heavy atom. The van der Waals surface area contributed by atoms with Gasteiger partial charge >= 0.3 is 5.63 Å². The van der Waals surface area contributed by atoms with Crippen LogP contribution in [0.1, 0.15) is 26.7 Å². The normalized spacial score (nSPS) is 13.3. The van der Waals surface area contributed by atoms with Gasteiger partial charge in [0.15, 0.2) is 0 Å². The number of hydrogen-bond acceptors (Lipinski definition) is 5. The van der Waals surface area contributed by atoms with E-state index in [9.17, 15) is 9.90 Å². The molecular weight excluding hydrogens is 332 g/mol. The molecule has 5 nitrogen and oxygen atoms in total. The van der Waals surface area contributed by atoms with Crippen molar-refractivity contribution >= 4 is 21.9 Å². The topological polar surface area (TPSA) is 72.8 Å². The van der Waals surface area contributed by atoms with E-state index in [0.717, 1.165) is 28.3 Å². The second-order valence-electron chi connectivity index (χ2n) is 6.47. The molecule has 3 aromatic rings. The lowest BCUT2D eigenvalue weighted by molar-refractivity contribution is 0.201. The molecule has 3 rings (SSSR count). The molecule has 0 aliphatic rings. The van der Waals surface area contributed by atoms with Gasteiger partial charge in [0, 0.05) is 12.1 Å². The van der Waals surface area contributed by atoms with E-state index in [1.807, 2.05) is 26.0 Å². The summed E-state index contributed by atoms with van der Waals surface area (Å²) in [7, 11) is 0. The Labute approximate surface area is 151 Å². The molecule has 1 aromatic carbocycles. The summed E-state index contributed by atoms with van der Waals surface area (Å²) in [6.07, 6.45) is 4.49. The van der Waals surface area contributed by atoms with Crippen LogP contribution in [0.15, 0.2) is 68.0 Å². The molecule has 0 saturated carbocycles. The summed E-state index contributed by atoms with van der Waals surface area (Å²) in [6, 6.07) is 6.60. The van der Waals surface area contributed by atoms with E-state index in [-0.39, 0.29) is 0 Å². The average molecular weight is 354 g/mol. The largest absolute Gasteiger partial charge is 0.488 e. The molecule has 0 bridgehead atoms. The highest BCUT2D eigenvalue weighted by Gasteiger charge is 2.13. The third-order valence-electron chi connectivity index (χ3n) is 4.35. The van der Waals surface area contributed by atoms with Crippen molar-refractivity contribution in [1.29, 1.82) is 0 Å².